The maximum Gasteiger partial charge on any atom is 0.0835 e. The number of hydrogen-bond donors (Lipinski definition) is 1. The molecule has 0 amide bonds. The third-order valence-corrected chi connectivity index (χ3v) is 6.42. The van der Waals surface area contributed by atoms with Crippen molar-refractivity contribution in [2.75, 3.05) is 11.9 Å². The highest BCUT2D eigenvalue weighted by Gasteiger charge is 2.38. The minimum absolute atomic E-state index is 0.0970. The van der Waals surface area contributed by atoms with Gasteiger partial charge in [0.2, 0.25) is 0 Å². The summed E-state index contributed by atoms with van der Waals surface area (Å²) < 4.78 is 6.97. The Labute approximate surface area is 144 Å². The summed E-state index contributed by atoms with van der Waals surface area (Å²) >= 11 is 15.9. The first-order valence-corrected chi connectivity index (χ1v) is 9.19. The molecule has 21 heavy (non-hydrogen) atoms. The summed E-state index contributed by atoms with van der Waals surface area (Å²) in [7, 11) is 0. The highest BCUT2D eigenvalue weighted by Crippen LogP contribution is 2.41. The van der Waals surface area contributed by atoms with Crippen molar-refractivity contribution in [3.8, 4) is 0 Å². The van der Waals surface area contributed by atoms with Crippen LogP contribution in [0.5, 0.6) is 0 Å². The zero-order chi connectivity index (χ0) is 14.9. The van der Waals surface area contributed by atoms with Crippen molar-refractivity contribution in [2.45, 2.75) is 56.6 Å². The summed E-state index contributed by atoms with van der Waals surface area (Å²) in [6.45, 7) is 0.833. The molecule has 2 fully saturated rings. The van der Waals surface area contributed by atoms with Gasteiger partial charge in [-0.05, 0) is 53.7 Å². The average molecular weight is 393 g/mol. The van der Waals surface area contributed by atoms with Gasteiger partial charge in [0.25, 0.3) is 0 Å². The van der Waals surface area contributed by atoms with E-state index in [4.69, 9.17) is 27.9 Å². The van der Waals surface area contributed by atoms with Gasteiger partial charge in [0.05, 0.1) is 21.3 Å². The fourth-order valence-corrected chi connectivity index (χ4v) is 4.38. The Morgan fingerprint density at radius 1 is 1.14 bits per heavy atom. The maximum atomic E-state index is 6.34. The number of hydrogen-bond acceptors (Lipinski definition) is 2. The molecule has 3 rings (SSSR count). The average Bonchev–Trinajstić information content (AvgIpc) is 2.49. The van der Waals surface area contributed by atoms with Crippen molar-refractivity contribution in [3.05, 3.63) is 26.7 Å². The standard InChI is InChI=1S/C16H20BrCl2NO/c17-12-4-5-13(15(19)14(12)18)20-11-6-9-21-16(10-11)7-2-1-3-8-16/h4-5,11,20H,1-3,6-10H2. The molecule has 1 spiro atoms. The summed E-state index contributed by atoms with van der Waals surface area (Å²) in [6.07, 6.45) is 8.40. The van der Waals surface area contributed by atoms with E-state index in [9.17, 15) is 0 Å². The molecule has 1 unspecified atom stereocenters. The Kier molecular flexibility index (Phi) is 5.04. The second-order valence-corrected chi connectivity index (χ2v) is 7.76. The first-order chi connectivity index (χ1) is 10.1. The van der Waals surface area contributed by atoms with Crippen LogP contribution in [0.4, 0.5) is 5.69 Å². The molecule has 1 saturated heterocycles. The molecule has 0 aromatic heterocycles. The maximum absolute atomic E-state index is 6.34. The van der Waals surface area contributed by atoms with E-state index in [1.54, 1.807) is 0 Å². The lowest BCUT2D eigenvalue weighted by Gasteiger charge is -2.44. The molecule has 2 aliphatic rings. The molecule has 1 heterocycles. The molecule has 116 valence electrons. The van der Waals surface area contributed by atoms with Crippen LogP contribution in [-0.2, 0) is 4.74 Å². The van der Waals surface area contributed by atoms with E-state index >= 15 is 0 Å². The quantitative estimate of drug-likeness (QED) is 0.618. The Bertz CT molecular complexity index is 512. The van der Waals surface area contributed by atoms with E-state index in [0.29, 0.717) is 16.1 Å². The van der Waals surface area contributed by atoms with Crippen LogP contribution in [0.2, 0.25) is 10.0 Å². The Hall–Kier alpha value is 0.0400. The zero-order valence-corrected chi connectivity index (χ0v) is 15.0. The van der Waals surface area contributed by atoms with E-state index < -0.39 is 0 Å². The van der Waals surface area contributed by atoms with Crippen LogP contribution < -0.4 is 5.32 Å². The van der Waals surface area contributed by atoms with Crippen molar-refractivity contribution in [3.63, 3.8) is 0 Å². The Balaban J connectivity index is 1.71. The van der Waals surface area contributed by atoms with Crippen LogP contribution in [-0.4, -0.2) is 18.2 Å². The van der Waals surface area contributed by atoms with Crippen LogP contribution >= 0.6 is 39.1 Å². The van der Waals surface area contributed by atoms with Crippen LogP contribution in [0.1, 0.15) is 44.9 Å². The number of nitrogens with one attached hydrogen (secondary N) is 1. The van der Waals surface area contributed by atoms with Gasteiger partial charge in [-0.2, -0.15) is 0 Å². The van der Waals surface area contributed by atoms with Crippen molar-refractivity contribution in [1.29, 1.82) is 0 Å². The smallest absolute Gasteiger partial charge is 0.0835 e. The van der Waals surface area contributed by atoms with Gasteiger partial charge in [-0.25, -0.2) is 0 Å². The number of halogens is 3. The van der Waals surface area contributed by atoms with E-state index in [1.165, 1.54) is 32.1 Å². The van der Waals surface area contributed by atoms with Crippen LogP contribution in [0, 0.1) is 0 Å². The predicted molar refractivity (Wildman–Crippen MR) is 92.6 cm³/mol. The Morgan fingerprint density at radius 2 is 1.90 bits per heavy atom. The monoisotopic (exact) mass is 391 g/mol. The molecule has 1 aliphatic heterocycles. The van der Waals surface area contributed by atoms with Gasteiger partial charge < -0.3 is 10.1 Å². The van der Waals surface area contributed by atoms with Gasteiger partial charge in [-0.3, -0.25) is 0 Å². The van der Waals surface area contributed by atoms with Gasteiger partial charge in [0.1, 0.15) is 0 Å². The summed E-state index contributed by atoms with van der Waals surface area (Å²) in [5.74, 6) is 0. The minimum atomic E-state index is 0.0970. The number of rotatable bonds is 2. The predicted octanol–water partition coefficient (Wildman–Crippen LogP) is 6.05. The fraction of sp³-hybridized carbons (Fsp3) is 0.625. The van der Waals surface area contributed by atoms with Gasteiger partial charge in [-0.15, -0.1) is 0 Å². The number of benzene rings is 1. The summed E-state index contributed by atoms with van der Waals surface area (Å²) in [5, 5.41) is 4.73. The molecule has 1 aromatic rings. The lowest BCUT2D eigenvalue weighted by Crippen LogP contribution is -2.45. The normalized spacial score (nSPS) is 25.0. The fourth-order valence-electron chi connectivity index (χ4n) is 3.55. The van der Waals surface area contributed by atoms with Crippen molar-refractivity contribution in [2.24, 2.45) is 0 Å². The van der Waals surface area contributed by atoms with Crippen LogP contribution in [0.15, 0.2) is 16.6 Å². The van der Waals surface area contributed by atoms with E-state index in [-0.39, 0.29) is 5.60 Å². The van der Waals surface area contributed by atoms with Gasteiger partial charge in [0, 0.05) is 17.1 Å². The van der Waals surface area contributed by atoms with Gasteiger partial charge in [0.15, 0.2) is 0 Å². The highest BCUT2D eigenvalue weighted by atomic mass is 79.9. The van der Waals surface area contributed by atoms with E-state index in [2.05, 4.69) is 21.2 Å². The summed E-state index contributed by atoms with van der Waals surface area (Å²) in [6, 6.07) is 4.33. The molecule has 0 radical (unpaired) electrons. The number of anilines is 1. The molecule has 0 bridgehead atoms. The van der Waals surface area contributed by atoms with Crippen molar-refractivity contribution >= 4 is 44.8 Å². The third kappa shape index (κ3) is 3.52. The Morgan fingerprint density at radius 3 is 2.67 bits per heavy atom. The van der Waals surface area contributed by atoms with Crippen molar-refractivity contribution < 1.29 is 4.74 Å². The molecular weight excluding hydrogens is 373 g/mol. The SMILES string of the molecule is Clc1c(Br)ccc(NC2CCOC3(CCCCC3)C2)c1Cl. The summed E-state index contributed by atoms with van der Waals surface area (Å²) in [5.41, 5.74) is 1.02. The largest absolute Gasteiger partial charge is 0.381 e. The first kappa shape index (κ1) is 15.9. The first-order valence-electron chi connectivity index (χ1n) is 7.64. The second kappa shape index (κ2) is 6.66. The lowest BCUT2D eigenvalue weighted by molar-refractivity contribution is -0.103. The second-order valence-electron chi connectivity index (χ2n) is 6.15. The van der Waals surface area contributed by atoms with Crippen LogP contribution in [0.25, 0.3) is 0 Å². The molecule has 2 nitrogen and oxygen atoms in total. The molecule has 1 saturated carbocycles. The zero-order valence-electron chi connectivity index (χ0n) is 11.9. The van der Waals surface area contributed by atoms with Crippen LogP contribution in [0.3, 0.4) is 0 Å². The molecule has 1 aromatic carbocycles. The summed E-state index contributed by atoms with van der Waals surface area (Å²) in [4.78, 5) is 0. The van der Waals surface area contributed by atoms with E-state index in [0.717, 1.165) is 29.6 Å². The molecule has 5 heteroatoms. The van der Waals surface area contributed by atoms with Gasteiger partial charge >= 0.3 is 0 Å². The number of ether oxygens (including phenoxy) is 1. The van der Waals surface area contributed by atoms with Gasteiger partial charge in [-0.1, -0.05) is 42.5 Å². The molecule has 1 atom stereocenters. The van der Waals surface area contributed by atoms with Crippen molar-refractivity contribution in [1.82, 2.24) is 0 Å². The lowest BCUT2D eigenvalue weighted by atomic mass is 9.78. The third-order valence-electron chi connectivity index (χ3n) is 4.65. The molecule has 1 N–H and O–H groups in total. The topological polar surface area (TPSA) is 21.3 Å². The molecular formula is C16H20BrCl2NO. The minimum Gasteiger partial charge on any atom is -0.381 e. The highest BCUT2D eigenvalue weighted by molar-refractivity contribution is 9.10. The van der Waals surface area contributed by atoms with E-state index in [1.807, 2.05) is 12.1 Å². The molecule has 1 aliphatic carbocycles.